The van der Waals surface area contributed by atoms with E-state index in [0.717, 1.165) is 29.8 Å². The molecule has 0 saturated carbocycles. The normalized spacial score (nSPS) is 10.8. The minimum atomic E-state index is -0.0788. The molecule has 2 aromatic heterocycles. The highest BCUT2D eigenvalue weighted by Gasteiger charge is 2.19. The second kappa shape index (κ2) is 7.12. The van der Waals surface area contributed by atoms with Crippen LogP contribution in [-0.2, 0) is 13.0 Å². The van der Waals surface area contributed by atoms with Crippen LogP contribution in [0, 0.1) is 0 Å². The molecule has 0 saturated heterocycles. The molecule has 0 atom stereocenters. The molecule has 0 aliphatic carbocycles. The Morgan fingerprint density at radius 3 is 2.83 bits per heavy atom. The third-order valence-corrected chi connectivity index (χ3v) is 3.82. The van der Waals surface area contributed by atoms with Crippen molar-refractivity contribution >= 4 is 5.91 Å². The van der Waals surface area contributed by atoms with E-state index in [1.165, 1.54) is 0 Å². The number of benzene rings is 1. The van der Waals surface area contributed by atoms with Gasteiger partial charge in [0.15, 0.2) is 5.76 Å². The number of H-pyrrole nitrogens is 1. The maximum atomic E-state index is 12.6. The first-order valence-corrected chi connectivity index (χ1v) is 7.97. The molecule has 0 unspecified atom stereocenters. The van der Waals surface area contributed by atoms with Gasteiger partial charge in [-0.3, -0.25) is 9.89 Å². The first-order valence-electron chi connectivity index (χ1n) is 7.97. The average Bonchev–Trinajstić information content (AvgIpc) is 3.25. The lowest BCUT2D eigenvalue weighted by molar-refractivity contribution is 0.0771. The number of rotatable bonds is 6. The number of nitrogens with one attached hydrogen (secondary N) is 1. The highest BCUT2D eigenvalue weighted by atomic mass is 16.5. The molecule has 1 aromatic carbocycles. The van der Waals surface area contributed by atoms with Gasteiger partial charge >= 0.3 is 0 Å². The van der Waals surface area contributed by atoms with Crippen molar-refractivity contribution < 1.29 is 9.32 Å². The van der Waals surface area contributed by atoms with Crippen LogP contribution in [-0.4, -0.2) is 33.2 Å². The molecule has 0 radical (unpaired) electrons. The highest BCUT2D eigenvalue weighted by molar-refractivity contribution is 5.94. The SMILES string of the molecule is CCCc1[nH]ncc1C(=O)N(C)Cc1cc(-c2ccccc2)no1. The average molecular weight is 324 g/mol. The molecule has 1 amide bonds. The van der Waals surface area contributed by atoms with E-state index in [2.05, 4.69) is 22.3 Å². The van der Waals surface area contributed by atoms with Gasteiger partial charge in [0.05, 0.1) is 18.3 Å². The Bertz CT molecular complexity index is 807. The Morgan fingerprint density at radius 1 is 1.29 bits per heavy atom. The third-order valence-electron chi connectivity index (χ3n) is 3.82. The van der Waals surface area contributed by atoms with Crippen LogP contribution in [0.5, 0.6) is 0 Å². The van der Waals surface area contributed by atoms with E-state index >= 15 is 0 Å². The van der Waals surface area contributed by atoms with Crippen LogP contribution in [0.2, 0.25) is 0 Å². The lowest BCUT2D eigenvalue weighted by Crippen LogP contribution is -2.26. The van der Waals surface area contributed by atoms with E-state index in [-0.39, 0.29) is 5.91 Å². The predicted octanol–water partition coefficient (Wildman–Crippen LogP) is 3.29. The largest absolute Gasteiger partial charge is 0.359 e. The molecule has 1 N–H and O–H groups in total. The fourth-order valence-corrected chi connectivity index (χ4v) is 2.58. The summed E-state index contributed by atoms with van der Waals surface area (Å²) in [4.78, 5) is 14.2. The molecular weight excluding hydrogens is 304 g/mol. The second-order valence-electron chi connectivity index (χ2n) is 5.72. The molecule has 124 valence electrons. The minimum Gasteiger partial charge on any atom is -0.359 e. The zero-order valence-corrected chi connectivity index (χ0v) is 13.8. The van der Waals surface area contributed by atoms with Gasteiger partial charge in [-0.25, -0.2) is 0 Å². The van der Waals surface area contributed by atoms with Crippen molar-refractivity contribution in [3.8, 4) is 11.3 Å². The fourth-order valence-electron chi connectivity index (χ4n) is 2.58. The molecule has 0 fully saturated rings. The van der Waals surface area contributed by atoms with E-state index < -0.39 is 0 Å². The summed E-state index contributed by atoms with van der Waals surface area (Å²) in [6, 6.07) is 11.7. The Hall–Kier alpha value is -2.89. The zero-order valence-electron chi connectivity index (χ0n) is 13.8. The quantitative estimate of drug-likeness (QED) is 0.755. The van der Waals surface area contributed by atoms with Crippen LogP contribution in [0.3, 0.4) is 0 Å². The van der Waals surface area contributed by atoms with Gasteiger partial charge in [0.1, 0.15) is 5.69 Å². The molecule has 6 nitrogen and oxygen atoms in total. The number of hydrogen-bond donors (Lipinski definition) is 1. The lowest BCUT2D eigenvalue weighted by Gasteiger charge is -2.15. The van der Waals surface area contributed by atoms with E-state index in [9.17, 15) is 4.79 Å². The van der Waals surface area contributed by atoms with Crippen molar-refractivity contribution in [1.82, 2.24) is 20.3 Å². The smallest absolute Gasteiger partial charge is 0.257 e. The standard InChI is InChI=1S/C18H20N4O2/c1-3-7-16-15(11-19-20-16)18(23)22(2)12-14-10-17(21-24-14)13-8-5-4-6-9-13/h4-6,8-11H,3,7,12H2,1-2H3,(H,19,20). The number of aromatic amines is 1. The Labute approximate surface area is 140 Å². The van der Waals surface area contributed by atoms with Gasteiger partial charge in [-0.15, -0.1) is 0 Å². The summed E-state index contributed by atoms with van der Waals surface area (Å²) >= 11 is 0. The molecule has 24 heavy (non-hydrogen) atoms. The van der Waals surface area contributed by atoms with Crippen molar-refractivity contribution in [1.29, 1.82) is 0 Å². The summed E-state index contributed by atoms with van der Waals surface area (Å²) in [5, 5.41) is 11.0. The van der Waals surface area contributed by atoms with Crippen molar-refractivity contribution in [3.05, 3.63) is 59.6 Å². The molecule has 0 bridgehead atoms. The maximum Gasteiger partial charge on any atom is 0.257 e. The summed E-state index contributed by atoms with van der Waals surface area (Å²) < 4.78 is 5.37. The predicted molar refractivity (Wildman–Crippen MR) is 90.3 cm³/mol. The summed E-state index contributed by atoms with van der Waals surface area (Å²) in [5.74, 6) is 0.565. The van der Waals surface area contributed by atoms with Crippen LogP contribution in [0.15, 0.2) is 47.1 Å². The second-order valence-corrected chi connectivity index (χ2v) is 5.72. The van der Waals surface area contributed by atoms with Gasteiger partial charge < -0.3 is 9.42 Å². The lowest BCUT2D eigenvalue weighted by atomic mass is 10.1. The third kappa shape index (κ3) is 3.37. The molecule has 0 aliphatic heterocycles. The Morgan fingerprint density at radius 2 is 2.08 bits per heavy atom. The van der Waals surface area contributed by atoms with Crippen LogP contribution < -0.4 is 0 Å². The summed E-state index contributed by atoms with van der Waals surface area (Å²) in [6.45, 7) is 2.42. The number of carbonyl (C=O) groups excluding carboxylic acids is 1. The van der Waals surface area contributed by atoms with Crippen LogP contribution in [0.4, 0.5) is 0 Å². The van der Waals surface area contributed by atoms with Crippen molar-refractivity contribution in [3.63, 3.8) is 0 Å². The topological polar surface area (TPSA) is 75.0 Å². The van der Waals surface area contributed by atoms with Crippen LogP contribution in [0.25, 0.3) is 11.3 Å². The fraction of sp³-hybridized carbons (Fsp3) is 0.278. The van der Waals surface area contributed by atoms with Crippen LogP contribution >= 0.6 is 0 Å². The van der Waals surface area contributed by atoms with Gasteiger partial charge in [-0.05, 0) is 6.42 Å². The van der Waals surface area contributed by atoms with E-state index in [1.807, 2.05) is 36.4 Å². The molecule has 6 heteroatoms. The number of carbonyl (C=O) groups is 1. The maximum absolute atomic E-state index is 12.6. The first kappa shape index (κ1) is 16.0. The van der Waals surface area contributed by atoms with Gasteiger partial charge in [-0.2, -0.15) is 5.10 Å². The van der Waals surface area contributed by atoms with Crippen LogP contribution in [0.1, 0.15) is 35.2 Å². The van der Waals surface area contributed by atoms with Gasteiger partial charge in [0.25, 0.3) is 5.91 Å². The van der Waals surface area contributed by atoms with E-state index in [1.54, 1.807) is 18.1 Å². The molecule has 0 aliphatic rings. The zero-order chi connectivity index (χ0) is 16.9. The number of aryl methyl sites for hydroxylation is 1. The highest BCUT2D eigenvalue weighted by Crippen LogP contribution is 2.20. The number of hydrogen-bond acceptors (Lipinski definition) is 4. The van der Waals surface area contributed by atoms with Crippen molar-refractivity contribution in [2.75, 3.05) is 7.05 Å². The molecule has 3 aromatic rings. The minimum absolute atomic E-state index is 0.0788. The van der Waals surface area contributed by atoms with Crippen molar-refractivity contribution in [2.24, 2.45) is 0 Å². The summed E-state index contributed by atoms with van der Waals surface area (Å²) in [5.41, 5.74) is 3.24. The Balaban J connectivity index is 1.71. The van der Waals surface area contributed by atoms with Gasteiger partial charge in [0, 0.05) is 24.4 Å². The van der Waals surface area contributed by atoms with E-state index in [4.69, 9.17) is 4.52 Å². The Kier molecular flexibility index (Phi) is 4.74. The molecule has 0 spiro atoms. The number of amides is 1. The molecule has 3 rings (SSSR count). The molecule has 2 heterocycles. The van der Waals surface area contributed by atoms with Crippen molar-refractivity contribution in [2.45, 2.75) is 26.3 Å². The summed E-state index contributed by atoms with van der Waals surface area (Å²) in [6.07, 6.45) is 3.34. The van der Waals surface area contributed by atoms with Gasteiger partial charge in [-0.1, -0.05) is 48.8 Å². The van der Waals surface area contributed by atoms with Gasteiger partial charge in [0.2, 0.25) is 0 Å². The number of nitrogens with zero attached hydrogens (tertiary/aromatic N) is 3. The van der Waals surface area contributed by atoms with E-state index in [0.29, 0.717) is 17.9 Å². The summed E-state index contributed by atoms with van der Waals surface area (Å²) in [7, 11) is 1.75. The number of aromatic nitrogens is 3. The monoisotopic (exact) mass is 324 g/mol. The first-order chi connectivity index (χ1) is 11.7. The molecular formula is C18H20N4O2.